The van der Waals surface area contributed by atoms with Gasteiger partial charge in [-0.25, -0.2) is 0 Å². The van der Waals surface area contributed by atoms with Crippen LogP contribution in [-0.2, 0) is 9.47 Å². The second kappa shape index (κ2) is 8.23. The van der Waals surface area contributed by atoms with Crippen molar-refractivity contribution in [1.29, 1.82) is 0 Å². The topological polar surface area (TPSA) is 38.7 Å². The van der Waals surface area contributed by atoms with E-state index in [1.165, 1.54) is 0 Å². The van der Waals surface area contributed by atoms with Gasteiger partial charge in [-0.1, -0.05) is 6.08 Å². The first kappa shape index (κ1) is 12.6. The SMILES string of the molecule is C=CCC(O)CC(OCC)OCC. The zero-order valence-corrected chi connectivity index (χ0v) is 8.53. The van der Waals surface area contributed by atoms with Crippen molar-refractivity contribution in [3.63, 3.8) is 0 Å². The molecule has 3 heteroatoms. The monoisotopic (exact) mass is 188 g/mol. The molecular formula is C10H20O3. The number of ether oxygens (including phenoxy) is 2. The predicted molar refractivity (Wildman–Crippen MR) is 52.5 cm³/mol. The van der Waals surface area contributed by atoms with Gasteiger partial charge in [0.05, 0.1) is 6.10 Å². The van der Waals surface area contributed by atoms with Gasteiger partial charge in [-0.15, -0.1) is 6.58 Å². The summed E-state index contributed by atoms with van der Waals surface area (Å²) >= 11 is 0. The molecule has 0 bridgehead atoms. The molecule has 0 saturated heterocycles. The van der Waals surface area contributed by atoms with Crippen molar-refractivity contribution in [2.24, 2.45) is 0 Å². The van der Waals surface area contributed by atoms with Crippen molar-refractivity contribution in [3.8, 4) is 0 Å². The number of hydrogen-bond donors (Lipinski definition) is 1. The van der Waals surface area contributed by atoms with E-state index in [4.69, 9.17) is 9.47 Å². The van der Waals surface area contributed by atoms with Crippen LogP contribution in [0, 0.1) is 0 Å². The summed E-state index contributed by atoms with van der Waals surface area (Å²) < 4.78 is 10.6. The van der Waals surface area contributed by atoms with Gasteiger partial charge in [0.15, 0.2) is 6.29 Å². The Hall–Kier alpha value is -0.380. The second-order valence-corrected chi connectivity index (χ2v) is 2.75. The summed E-state index contributed by atoms with van der Waals surface area (Å²) in [4.78, 5) is 0. The first-order valence-electron chi connectivity index (χ1n) is 4.76. The third-order valence-electron chi connectivity index (χ3n) is 1.61. The Balaban J connectivity index is 3.70. The highest BCUT2D eigenvalue weighted by Gasteiger charge is 2.13. The van der Waals surface area contributed by atoms with Crippen LogP contribution in [0.2, 0.25) is 0 Å². The van der Waals surface area contributed by atoms with E-state index in [9.17, 15) is 5.11 Å². The molecule has 0 aromatic heterocycles. The highest BCUT2D eigenvalue weighted by atomic mass is 16.7. The maximum absolute atomic E-state index is 9.44. The largest absolute Gasteiger partial charge is 0.393 e. The Morgan fingerprint density at radius 3 is 2.23 bits per heavy atom. The molecule has 0 aliphatic rings. The third kappa shape index (κ3) is 6.75. The van der Waals surface area contributed by atoms with E-state index in [1.54, 1.807) is 6.08 Å². The first-order chi connectivity index (χ1) is 6.24. The molecule has 1 N–H and O–H groups in total. The van der Waals surface area contributed by atoms with Crippen molar-refractivity contribution < 1.29 is 14.6 Å². The van der Waals surface area contributed by atoms with Crippen LogP contribution in [0.4, 0.5) is 0 Å². The average Bonchev–Trinajstić information content (AvgIpc) is 2.05. The highest BCUT2D eigenvalue weighted by Crippen LogP contribution is 2.07. The Bertz CT molecular complexity index is 119. The van der Waals surface area contributed by atoms with Crippen LogP contribution in [0.1, 0.15) is 26.7 Å². The summed E-state index contributed by atoms with van der Waals surface area (Å²) in [5.74, 6) is 0. The first-order valence-corrected chi connectivity index (χ1v) is 4.76. The molecule has 0 aliphatic heterocycles. The molecule has 78 valence electrons. The molecule has 0 rings (SSSR count). The maximum atomic E-state index is 9.44. The predicted octanol–water partition coefficient (Wildman–Crippen LogP) is 1.71. The van der Waals surface area contributed by atoms with E-state index in [0.717, 1.165) is 0 Å². The molecule has 0 aromatic carbocycles. The Kier molecular flexibility index (Phi) is 7.99. The molecular weight excluding hydrogens is 168 g/mol. The molecule has 3 nitrogen and oxygen atoms in total. The lowest BCUT2D eigenvalue weighted by Gasteiger charge is -2.19. The molecule has 0 radical (unpaired) electrons. The molecule has 0 saturated carbocycles. The standard InChI is InChI=1S/C10H20O3/c1-4-7-9(11)8-10(12-5-2)13-6-3/h4,9-11H,1,5-8H2,2-3H3. The summed E-state index contributed by atoms with van der Waals surface area (Å²) in [6.07, 6.45) is 2.08. The van der Waals surface area contributed by atoms with Gasteiger partial charge in [0.25, 0.3) is 0 Å². The van der Waals surface area contributed by atoms with Crippen LogP contribution in [0.15, 0.2) is 12.7 Å². The van der Waals surface area contributed by atoms with Gasteiger partial charge in [-0.2, -0.15) is 0 Å². The Labute approximate surface area is 80.4 Å². The number of rotatable bonds is 8. The lowest BCUT2D eigenvalue weighted by molar-refractivity contribution is -0.152. The molecule has 0 aromatic rings. The number of aliphatic hydroxyl groups excluding tert-OH is 1. The van der Waals surface area contributed by atoms with Crippen molar-refractivity contribution in [2.45, 2.75) is 39.1 Å². The van der Waals surface area contributed by atoms with Gasteiger partial charge in [-0.3, -0.25) is 0 Å². The molecule has 0 spiro atoms. The van der Waals surface area contributed by atoms with Gasteiger partial charge in [-0.05, 0) is 20.3 Å². The van der Waals surface area contributed by atoms with Crippen molar-refractivity contribution >= 4 is 0 Å². The van der Waals surface area contributed by atoms with Crippen LogP contribution in [-0.4, -0.2) is 30.7 Å². The molecule has 0 aliphatic carbocycles. The fraction of sp³-hybridized carbons (Fsp3) is 0.800. The number of aliphatic hydroxyl groups is 1. The zero-order valence-electron chi connectivity index (χ0n) is 8.53. The minimum Gasteiger partial charge on any atom is -0.393 e. The van der Waals surface area contributed by atoms with Gasteiger partial charge in [0.1, 0.15) is 0 Å². The van der Waals surface area contributed by atoms with Crippen LogP contribution in [0.25, 0.3) is 0 Å². The van der Waals surface area contributed by atoms with E-state index in [0.29, 0.717) is 26.1 Å². The van der Waals surface area contributed by atoms with Crippen LogP contribution in [0.5, 0.6) is 0 Å². The smallest absolute Gasteiger partial charge is 0.160 e. The Morgan fingerprint density at radius 1 is 1.31 bits per heavy atom. The lowest BCUT2D eigenvalue weighted by atomic mass is 10.2. The van der Waals surface area contributed by atoms with Crippen LogP contribution < -0.4 is 0 Å². The van der Waals surface area contributed by atoms with E-state index in [-0.39, 0.29) is 6.29 Å². The quantitative estimate of drug-likeness (QED) is 0.465. The van der Waals surface area contributed by atoms with Crippen molar-refractivity contribution in [3.05, 3.63) is 12.7 Å². The third-order valence-corrected chi connectivity index (χ3v) is 1.61. The van der Waals surface area contributed by atoms with Gasteiger partial charge >= 0.3 is 0 Å². The fourth-order valence-corrected chi connectivity index (χ4v) is 1.07. The molecule has 13 heavy (non-hydrogen) atoms. The maximum Gasteiger partial charge on any atom is 0.160 e. The zero-order chi connectivity index (χ0) is 10.1. The van der Waals surface area contributed by atoms with E-state index < -0.39 is 6.10 Å². The second-order valence-electron chi connectivity index (χ2n) is 2.75. The summed E-state index contributed by atoms with van der Waals surface area (Å²) in [6, 6.07) is 0. The fourth-order valence-electron chi connectivity index (χ4n) is 1.07. The van der Waals surface area contributed by atoms with Crippen LogP contribution >= 0.6 is 0 Å². The lowest BCUT2D eigenvalue weighted by Crippen LogP contribution is -2.23. The number of hydrogen-bond acceptors (Lipinski definition) is 3. The minimum atomic E-state index is -0.416. The van der Waals surface area contributed by atoms with Crippen LogP contribution in [0.3, 0.4) is 0 Å². The summed E-state index contributed by atoms with van der Waals surface area (Å²) in [7, 11) is 0. The van der Waals surface area contributed by atoms with Crippen molar-refractivity contribution in [1.82, 2.24) is 0 Å². The molecule has 0 heterocycles. The summed E-state index contributed by atoms with van der Waals surface area (Å²) in [5.41, 5.74) is 0. The molecule has 0 amide bonds. The normalized spacial score (nSPS) is 13.2. The van der Waals surface area contributed by atoms with Gasteiger partial charge < -0.3 is 14.6 Å². The van der Waals surface area contributed by atoms with E-state index in [2.05, 4.69) is 6.58 Å². The molecule has 1 unspecified atom stereocenters. The average molecular weight is 188 g/mol. The minimum absolute atomic E-state index is 0.287. The molecule has 0 fully saturated rings. The Morgan fingerprint density at radius 2 is 1.85 bits per heavy atom. The van der Waals surface area contributed by atoms with Gasteiger partial charge in [0, 0.05) is 19.6 Å². The molecule has 1 atom stereocenters. The highest BCUT2D eigenvalue weighted by molar-refractivity contribution is 4.72. The van der Waals surface area contributed by atoms with E-state index >= 15 is 0 Å². The summed E-state index contributed by atoms with van der Waals surface area (Å²) in [5, 5.41) is 9.44. The van der Waals surface area contributed by atoms with Crippen molar-refractivity contribution in [2.75, 3.05) is 13.2 Å². The van der Waals surface area contributed by atoms with E-state index in [1.807, 2.05) is 13.8 Å². The summed E-state index contributed by atoms with van der Waals surface area (Å²) in [6.45, 7) is 8.58. The van der Waals surface area contributed by atoms with Gasteiger partial charge in [0.2, 0.25) is 0 Å².